The van der Waals surface area contributed by atoms with Crippen LogP contribution in [-0.2, 0) is 12.6 Å². The lowest BCUT2D eigenvalue weighted by Gasteiger charge is -2.13. The predicted octanol–water partition coefficient (Wildman–Crippen LogP) is 5.14. The third kappa shape index (κ3) is 2.54. The molecule has 0 aliphatic carbocycles. The van der Waals surface area contributed by atoms with Crippen LogP contribution in [0.15, 0.2) is 46.9 Å². The Morgan fingerprint density at radius 2 is 1.90 bits per heavy atom. The van der Waals surface area contributed by atoms with Gasteiger partial charge in [0.15, 0.2) is 0 Å². The van der Waals surface area contributed by atoms with Crippen LogP contribution in [0.1, 0.15) is 22.8 Å². The molecule has 5 heteroatoms. The first-order valence-electron chi connectivity index (χ1n) is 6.06. The zero-order valence-corrected chi connectivity index (χ0v) is 11.8. The molecule has 1 nitrogen and oxygen atoms in total. The fourth-order valence-corrected chi connectivity index (χ4v) is 2.73. The van der Waals surface area contributed by atoms with E-state index in [9.17, 15) is 13.2 Å². The smallest absolute Gasteiger partial charge is 0.416 e. The molecular formula is C15H10BrF3O. The molecule has 0 fully saturated rings. The van der Waals surface area contributed by atoms with Crippen LogP contribution < -0.4 is 4.74 Å². The van der Waals surface area contributed by atoms with Gasteiger partial charge in [-0.25, -0.2) is 0 Å². The van der Waals surface area contributed by atoms with Gasteiger partial charge in [0.2, 0.25) is 0 Å². The van der Waals surface area contributed by atoms with Crippen LogP contribution in [-0.4, -0.2) is 0 Å². The van der Waals surface area contributed by atoms with Crippen LogP contribution in [0, 0.1) is 0 Å². The van der Waals surface area contributed by atoms with Crippen molar-refractivity contribution in [1.29, 1.82) is 0 Å². The number of benzene rings is 2. The van der Waals surface area contributed by atoms with Gasteiger partial charge in [-0.3, -0.25) is 0 Å². The van der Waals surface area contributed by atoms with E-state index in [1.807, 2.05) is 18.2 Å². The molecule has 1 unspecified atom stereocenters. The Labute approximate surface area is 122 Å². The second-order valence-electron chi connectivity index (χ2n) is 4.69. The van der Waals surface area contributed by atoms with Crippen molar-refractivity contribution >= 4 is 15.9 Å². The summed E-state index contributed by atoms with van der Waals surface area (Å²) in [7, 11) is 0. The molecule has 0 saturated heterocycles. The Morgan fingerprint density at radius 3 is 2.65 bits per heavy atom. The second kappa shape index (κ2) is 4.81. The zero-order chi connectivity index (χ0) is 14.3. The molecule has 3 rings (SSSR count). The summed E-state index contributed by atoms with van der Waals surface area (Å²) >= 11 is 3.37. The summed E-state index contributed by atoms with van der Waals surface area (Å²) in [5.74, 6) is 0.732. The molecule has 1 heterocycles. The van der Waals surface area contributed by atoms with Gasteiger partial charge in [0.25, 0.3) is 0 Å². The van der Waals surface area contributed by atoms with Crippen molar-refractivity contribution in [2.75, 3.05) is 0 Å². The lowest BCUT2D eigenvalue weighted by atomic mass is 10.0. The summed E-state index contributed by atoms with van der Waals surface area (Å²) in [6.07, 6.45) is -4.11. The van der Waals surface area contributed by atoms with E-state index >= 15 is 0 Å². The second-order valence-corrected chi connectivity index (χ2v) is 5.60. The highest BCUT2D eigenvalue weighted by molar-refractivity contribution is 9.10. The molecule has 104 valence electrons. The quantitative estimate of drug-likeness (QED) is 0.696. The summed E-state index contributed by atoms with van der Waals surface area (Å²) < 4.78 is 44.8. The first-order chi connectivity index (χ1) is 9.43. The van der Waals surface area contributed by atoms with Crippen LogP contribution in [0.4, 0.5) is 13.2 Å². The highest BCUT2D eigenvalue weighted by Gasteiger charge is 2.32. The minimum Gasteiger partial charge on any atom is -0.485 e. The third-order valence-corrected chi connectivity index (χ3v) is 3.78. The predicted molar refractivity (Wildman–Crippen MR) is 72.7 cm³/mol. The van der Waals surface area contributed by atoms with E-state index in [4.69, 9.17) is 4.74 Å². The normalized spacial score (nSPS) is 17.7. The summed E-state index contributed by atoms with van der Waals surface area (Å²) in [5, 5.41) is 0. The Hall–Kier alpha value is -1.49. The number of ether oxygens (including phenoxy) is 1. The fourth-order valence-electron chi connectivity index (χ4n) is 2.32. The van der Waals surface area contributed by atoms with Crippen molar-refractivity contribution in [3.63, 3.8) is 0 Å². The Balaban J connectivity index is 1.89. The SMILES string of the molecule is FC(F)(F)c1cccc(C2Cc3cc(Br)ccc3O2)c1. The standard InChI is InChI=1S/C15H10BrF3O/c16-12-4-5-13-10(7-12)8-14(20-13)9-2-1-3-11(6-9)15(17,18)19/h1-7,14H,8H2. The topological polar surface area (TPSA) is 9.23 Å². The van der Waals surface area contributed by atoms with Gasteiger partial charge in [-0.15, -0.1) is 0 Å². The van der Waals surface area contributed by atoms with Crippen molar-refractivity contribution in [1.82, 2.24) is 0 Å². The first kappa shape index (κ1) is 13.5. The third-order valence-electron chi connectivity index (χ3n) is 3.28. The molecule has 0 spiro atoms. The number of hydrogen-bond acceptors (Lipinski definition) is 1. The van der Waals surface area contributed by atoms with Crippen LogP contribution in [0.2, 0.25) is 0 Å². The monoisotopic (exact) mass is 342 g/mol. The van der Waals surface area contributed by atoms with Crippen molar-refractivity contribution in [2.45, 2.75) is 18.7 Å². The molecule has 2 aromatic rings. The Kier molecular flexibility index (Phi) is 3.24. The van der Waals surface area contributed by atoms with Crippen molar-refractivity contribution in [3.05, 3.63) is 63.6 Å². The largest absolute Gasteiger partial charge is 0.485 e. The van der Waals surface area contributed by atoms with Crippen LogP contribution in [0.25, 0.3) is 0 Å². The molecule has 0 N–H and O–H groups in total. The molecule has 1 aliphatic rings. The van der Waals surface area contributed by atoms with Crippen molar-refractivity contribution in [2.24, 2.45) is 0 Å². The molecule has 0 aromatic heterocycles. The maximum Gasteiger partial charge on any atom is 0.416 e. The number of halogens is 4. The molecule has 0 amide bonds. The highest BCUT2D eigenvalue weighted by Crippen LogP contribution is 2.39. The maximum atomic E-state index is 12.7. The summed E-state index contributed by atoms with van der Waals surface area (Å²) in [5.41, 5.74) is 0.907. The van der Waals surface area contributed by atoms with Gasteiger partial charge in [0.05, 0.1) is 5.56 Å². The molecular weight excluding hydrogens is 333 g/mol. The van der Waals surface area contributed by atoms with Gasteiger partial charge in [-0.1, -0.05) is 28.1 Å². The first-order valence-corrected chi connectivity index (χ1v) is 6.85. The molecule has 0 bridgehead atoms. The van der Waals surface area contributed by atoms with Gasteiger partial charge in [0, 0.05) is 10.9 Å². The molecule has 1 aliphatic heterocycles. The molecule has 0 saturated carbocycles. The molecule has 20 heavy (non-hydrogen) atoms. The lowest BCUT2D eigenvalue weighted by Crippen LogP contribution is -2.08. The summed E-state index contributed by atoms with van der Waals surface area (Å²) in [6.45, 7) is 0. The van der Waals surface area contributed by atoms with E-state index in [2.05, 4.69) is 15.9 Å². The van der Waals surface area contributed by atoms with Gasteiger partial charge in [0.1, 0.15) is 11.9 Å². The fraction of sp³-hybridized carbons (Fsp3) is 0.200. The van der Waals surface area contributed by atoms with Gasteiger partial charge < -0.3 is 4.74 Å². The van der Waals surface area contributed by atoms with Crippen LogP contribution >= 0.6 is 15.9 Å². The highest BCUT2D eigenvalue weighted by atomic mass is 79.9. The number of fused-ring (bicyclic) bond motifs is 1. The Bertz CT molecular complexity index is 652. The molecule has 0 radical (unpaired) electrons. The Morgan fingerprint density at radius 1 is 1.10 bits per heavy atom. The minimum absolute atomic E-state index is 0.360. The van der Waals surface area contributed by atoms with Crippen LogP contribution in [0.3, 0.4) is 0 Å². The average Bonchev–Trinajstić information content (AvgIpc) is 2.81. The van der Waals surface area contributed by atoms with E-state index < -0.39 is 11.7 Å². The zero-order valence-electron chi connectivity index (χ0n) is 10.2. The van der Waals surface area contributed by atoms with Crippen molar-refractivity contribution in [3.8, 4) is 5.75 Å². The number of hydrogen-bond donors (Lipinski definition) is 0. The van der Waals surface area contributed by atoms with E-state index in [1.54, 1.807) is 6.07 Å². The average molecular weight is 343 g/mol. The summed E-state index contributed by atoms with van der Waals surface area (Å²) in [4.78, 5) is 0. The van der Waals surface area contributed by atoms with E-state index in [1.165, 1.54) is 6.07 Å². The number of rotatable bonds is 1. The maximum absolute atomic E-state index is 12.7. The van der Waals surface area contributed by atoms with Crippen molar-refractivity contribution < 1.29 is 17.9 Å². The van der Waals surface area contributed by atoms with Gasteiger partial charge in [-0.2, -0.15) is 13.2 Å². The van der Waals surface area contributed by atoms with Crippen LogP contribution in [0.5, 0.6) is 5.75 Å². The van der Waals surface area contributed by atoms with E-state index in [-0.39, 0.29) is 6.10 Å². The molecule has 1 atom stereocenters. The minimum atomic E-state index is -4.33. The lowest BCUT2D eigenvalue weighted by molar-refractivity contribution is -0.137. The number of alkyl halides is 3. The van der Waals surface area contributed by atoms with E-state index in [0.717, 1.165) is 27.9 Å². The van der Waals surface area contributed by atoms with E-state index in [0.29, 0.717) is 12.0 Å². The molecule has 2 aromatic carbocycles. The van der Waals surface area contributed by atoms with Gasteiger partial charge in [-0.05, 0) is 41.5 Å². The summed E-state index contributed by atoms with van der Waals surface area (Å²) in [6, 6.07) is 10.9. The van der Waals surface area contributed by atoms with Gasteiger partial charge >= 0.3 is 6.18 Å².